The number of carbonyl (C=O) groups is 1. The lowest BCUT2D eigenvalue weighted by Gasteiger charge is -2.22. The van der Waals surface area contributed by atoms with E-state index in [4.69, 9.17) is 46.9 Å². The van der Waals surface area contributed by atoms with Crippen LogP contribution in [0.2, 0.25) is 0 Å². The van der Waals surface area contributed by atoms with Crippen LogP contribution in [-0.2, 0) is 20.6 Å². The lowest BCUT2D eigenvalue weighted by atomic mass is 9.99. The maximum absolute atomic E-state index is 13.3. The van der Waals surface area contributed by atoms with Crippen LogP contribution in [0.4, 0.5) is 0 Å². The zero-order chi connectivity index (χ0) is 26.1. The van der Waals surface area contributed by atoms with Gasteiger partial charge in [0, 0.05) is 22.9 Å². The number of methoxy groups -OCH3 is 2. The van der Waals surface area contributed by atoms with E-state index in [1.807, 2.05) is 18.2 Å². The van der Waals surface area contributed by atoms with Crippen molar-refractivity contribution in [2.24, 2.45) is 0 Å². The second-order valence-electron chi connectivity index (χ2n) is 7.96. The van der Waals surface area contributed by atoms with Gasteiger partial charge in [-0.25, -0.2) is 4.79 Å². The summed E-state index contributed by atoms with van der Waals surface area (Å²) < 4.78 is 27.9. The van der Waals surface area contributed by atoms with Crippen molar-refractivity contribution in [3.63, 3.8) is 0 Å². The summed E-state index contributed by atoms with van der Waals surface area (Å²) in [5.74, 6) is 0.574. The van der Waals surface area contributed by atoms with Gasteiger partial charge in [0.2, 0.25) is 0 Å². The number of hydrogen-bond donors (Lipinski definition) is 0. The fourth-order valence-corrected chi connectivity index (χ4v) is 4.22. The first-order chi connectivity index (χ1) is 17.4. The summed E-state index contributed by atoms with van der Waals surface area (Å²) >= 11 is 12.9. The molecular weight excluding hydrogens is 503 g/mol. The molecule has 192 valence electrons. The van der Waals surface area contributed by atoms with Crippen LogP contribution < -0.4 is 9.47 Å². The maximum atomic E-state index is 13.3. The minimum Gasteiger partial charge on any atom is -0.493 e. The summed E-state index contributed by atoms with van der Waals surface area (Å²) in [5.41, 5.74) is 2.61. The highest BCUT2D eigenvalue weighted by Crippen LogP contribution is 2.37. The van der Waals surface area contributed by atoms with Gasteiger partial charge in [0.05, 0.1) is 33.0 Å². The van der Waals surface area contributed by atoms with Crippen molar-refractivity contribution in [1.29, 1.82) is 0 Å². The molecule has 0 aromatic heterocycles. The van der Waals surface area contributed by atoms with Crippen LogP contribution in [0.25, 0.3) is 0 Å². The van der Waals surface area contributed by atoms with Crippen molar-refractivity contribution in [1.82, 2.24) is 0 Å². The summed E-state index contributed by atoms with van der Waals surface area (Å²) in [5, 5.41) is 0.818. The molecule has 6 nitrogen and oxygen atoms in total. The lowest BCUT2D eigenvalue weighted by Crippen LogP contribution is -2.15. The van der Waals surface area contributed by atoms with Gasteiger partial charge < -0.3 is 23.7 Å². The molecule has 8 heteroatoms. The highest BCUT2D eigenvalue weighted by atomic mass is 35.5. The first kappa shape index (κ1) is 27.8. The van der Waals surface area contributed by atoms with Crippen LogP contribution in [0.5, 0.6) is 11.5 Å². The zero-order valence-electron chi connectivity index (χ0n) is 20.6. The smallest absolute Gasteiger partial charge is 0.338 e. The molecule has 0 radical (unpaired) electrons. The Morgan fingerprint density at radius 1 is 1.11 bits per heavy atom. The largest absolute Gasteiger partial charge is 0.493 e. The van der Waals surface area contributed by atoms with Crippen LogP contribution in [0.1, 0.15) is 40.9 Å². The summed E-state index contributed by atoms with van der Waals surface area (Å²) in [6.45, 7) is 6.68. The average molecular weight is 533 g/mol. The Kier molecular flexibility index (Phi) is 10.4. The number of esters is 1. The topological polar surface area (TPSA) is 63.2 Å². The Morgan fingerprint density at radius 2 is 1.83 bits per heavy atom. The lowest BCUT2D eigenvalue weighted by molar-refractivity contribution is -0.0400. The molecule has 1 heterocycles. The van der Waals surface area contributed by atoms with Crippen molar-refractivity contribution in [3.8, 4) is 11.5 Å². The van der Waals surface area contributed by atoms with Crippen molar-refractivity contribution >= 4 is 29.2 Å². The van der Waals surface area contributed by atoms with Gasteiger partial charge >= 0.3 is 5.97 Å². The predicted molar refractivity (Wildman–Crippen MR) is 141 cm³/mol. The molecule has 0 amide bonds. The monoisotopic (exact) mass is 532 g/mol. The number of benzene rings is 2. The van der Waals surface area contributed by atoms with E-state index < -0.39 is 12.1 Å². The fraction of sp³-hybridized carbons (Fsp3) is 0.321. The van der Waals surface area contributed by atoms with Gasteiger partial charge in [-0.1, -0.05) is 60.1 Å². The molecule has 0 unspecified atom stereocenters. The van der Waals surface area contributed by atoms with Gasteiger partial charge in [-0.2, -0.15) is 0 Å². The zero-order valence-corrected chi connectivity index (χ0v) is 22.1. The van der Waals surface area contributed by atoms with E-state index in [1.54, 1.807) is 51.5 Å². The Morgan fingerprint density at radius 3 is 2.47 bits per heavy atom. The number of ether oxygens (including phenoxy) is 5. The predicted octanol–water partition coefficient (Wildman–Crippen LogP) is 6.73. The second kappa shape index (κ2) is 13.5. The maximum Gasteiger partial charge on any atom is 0.338 e. The molecule has 1 aliphatic rings. The molecule has 2 aromatic rings. The minimum atomic E-state index is -0.722. The third-order valence-corrected chi connectivity index (χ3v) is 6.51. The number of halogens is 2. The molecule has 0 spiro atoms. The Labute approximate surface area is 222 Å². The average Bonchev–Trinajstić information content (AvgIpc) is 3.42. The first-order valence-electron chi connectivity index (χ1n) is 11.5. The SMILES string of the molecule is C=C/C(Cl)=C(C[C@H](OC(=O)c1cccc(CC2OCCO2)c1)c1ccc(OC)c(OC)c1)\C(Cl)=C/C. The van der Waals surface area contributed by atoms with E-state index in [0.717, 1.165) is 5.56 Å². The van der Waals surface area contributed by atoms with Crippen LogP contribution in [0.15, 0.2) is 76.8 Å². The highest BCUT2D eigenvalue weighted by molar-refractivity contribution is 6.36. The van der Waals surface area contributed by atoms with Gasteiger partial charge in [-0.15, -0.1) is 0 Å². The molecule has 1 atom stereocenters. The van der Waals surface area contributed by atoms with E-state index in [2.05, 4.69) is 6.58 Å². The Hall–Kier alpha value is -2.77. The van der Waals surface area contributed by atoms with Gasteiger partial charge in [0.1, 0.15) is 6.10 Å². The third-order valence-electron chi connectivity index (χ3n) is 5.68. The van der Waals surface area contributed by atoms with E-state index in [0.29, 0.717) is 57.9 Å². The highest BCUT2D eigenvalue weighted by Gasteiger charge is 2.24. The normalized spacial score (nSPS) is 15.8. The third kappa shape index (κ3) is 7.14. The van der Waals surface area contributed by atoms with E-state index in [1.165, 1.54) is 6.08 Å². The van der Waals surface area contributed by atoms with Crippen LogP contribution in [0.3, 0.4) is 0 Å². The molecule has 3 rings (SSSR count). The van der Waals surface area contributed by atoms with Gasteiger partial charge in [-0.05, 0) is 47.9 Å². The van der Waals surface area contributed by atoms with Gasteiger partial charge in [0.25, 0.3) is 0 Å². The molecular formula is C28H30Cl2O6. The molecule has 2 aromatic carbocycles. The molecule has 1 saturated heterocycles. The quantitative estimate of drug-likeness (QED) is 0.236. The van der Waals surface area contributed by atoms with Crippen molar-refractivity contribution in [2.75, 3.05) is 27.4 Å². The number of hydrogen-bond acceptors (Lipinski definition) is 6. The summed E-state index contributed by atoms with van der Waals surface area (Å²) in [6.07, 6.45) is 2.96. The van der Waals surface area contributed by atoms with E-state index in [9.17, 15) is 4.79 Å². The molecule has 0 N–H and O–H groups in total. The van der Waals surface area contributed by atoms with E-state index in [-0.39, 0.29) is 12.7 Å². The Balaban J connectivity index is 1.93. The minimum absolute atomic E-state index is 0.221. The van der Waals surface area contributed by atoms with Gasteiger partial charge in [-0.3, -0.25) is 0 Å². The summed E-state index contributed by atoms with van der Waals surface area (Å²) in [4.78, 5) is 13.3. The van der Waals surface area contributed by atoms with Crippen LogP contribution in [0, 0.1) is 0 Å². The Bertz CT molecular complexity index is 1130. The number of allylic oxidation sites excluding steroid dienone is 4. The summed E-state index contributed by atoms with van der Waals surface area (Å²) in [6, 6.07) is 12.6. The van der Waals surface area contributed by atoms with Crippen molar-refractivity contribution in [3.05, 3.63) is 93.5 Å². The standard InChI is InChI=1S/C28H30Cl2O6/c1-5-22(29)21(23(30)6-2)17-25(19-10-11-24(32-3)26(16-19)33-4)36-28(31)20-9-7-8-18(14-20)15-27-34-12-13-35-27/h5-11,14,16,25,27H,1,12-13,15,17H2,2-4H3/b22-21+,23-6+/t25-/m0/s1. The molecule has 0 aliphatic carbocycles. The molecule has 1 aliphatic heterocycles. The van der Waals surface area contributed by atoms with E-state index >= 15 is 0 Å². The van der Waals surface area contributed by atoms with Crippen LogP contribution in [-0.4, -0.2) is 39.7 Å². The van der Waals surface area contributed by atoms with Crippen molar-refractivity contribution in [2.45, 2.75) is 32.2 Å². The molecule has 0 bridgehead atoms. The molecule has 0 saturated carbocycles. The fourth-order valence-electron chi connectivity index (χ4n) is 3.81. The first-order valence-corrected chi connectivity index (χ1v) is 12.2. The van der Waals surface area contributed by atoms with Gasteiger partial charge in [0.15, 0.2) is 17.8 Å². The second-order valence-corrected chi connectivity index (χ2v) is 8.77. The number of rotatable bonds is 11. The molecule has 1 fully saturated rings. The summed E-state index contributed by atoms with van der Waals surface area (Å²) in [7, 11) is 3.10. The number of carbonyl (C=O) groups excluding carboxylic acids is 1. The van der Waals surface area contributed by atoms with Crippen LogP contribution >= 0.6 is 23.2 Å². The molecule has 36 heavy (non-hydrogen) atoms. The van der Waals surface area contributed by atoms with Crippen molar-refractivity contribution < 1.29 is 28.5 Å².